The molecule has 2 nitrogen and oxygen atoms in total. The number of hydrogen-bond acceptors (Lipinski definition) is 2. The summed E-state index contributed by atoms with van der Waals surface area (Å²) < 4.78 is 39.8. The Morgan fingerprint density at radius 1 is 0.893 bits per heavy atom. The Morgan fingerprint density at radius 3 is 1.89 bits per heavy atom. The SMILES string of the molecule is C/C=C/C1CCC(COc2ccc(OCC3CC[CH-]CC3)c(F)c2F)CC1.[Rb+]. The molecule has 2 aliphatic carbocycles. The van der Waals surface area contributed by atoms with Crippen molar-refractivity contribution in [1.29, 1.82) is 0 Å². The van der Waals surface area contributed by atoms with Gasteiger partial charge in [-0.3, -0.25) is 0 Å². The maximum absolute atomic E-state index is 14.4. The van der Waals surface area contributed by atoms with E-state index in [0.717, 1.165) is 51.4 Å². The van der Waals surface area contributed by atoms with E-state index in [1.54, 1.807) is 0 Å². The minimum atomic E-state index is -0.938. The van der Waals surface area contributed by atoms with Crippen molar-refractivity contribution in [3.63, 3.8) is 0 Å². The van der Waals surface area contributed by atoms with Crippen LogP contribution in [0, 0.1) is 35.8 Å². The number of halogens is 2. The van der Waals surface area contributed by atoms with Gasteiger partial charge in [0.1, 0.15) is 0 Å². The molecule has 0 heterocycles. The van der Waals surface area contributed by atoms with Gasteiger partial charge in [-0.2, -0.15) is 21.6 Å². The van der Waals surface area contributed by atoms with Crippen molar-refractivity contribution in [1.82, 2.24) is 0 Å². The molecule has 0 atom stereocenters. The fourth-order valence-electron chi connectivity index (χ4n) is 4.13. The molecule has 1 aromatic rings. The summed E-state index contributed by atoms with van der Waals surface area (Å²) in [5.41, 5.74) is 0. The van der Waals surface area contributed by atoms with Crippen LogP contribution in [0.25, 0.3) is 0 Å². The molecule has 2 fully saturated rings. The standard InChI is InChI=1S/C23H31F2O2.Rb/c1-2-6-17-9-11-19(12-10-17)16-27-21-14-13-20(22(24)23(21)25)26-15-18-7-4-3-5-8-18;/h2-3,6,13-14,17-19H,4-5,7-12,15-16H2,1H3;/q-1;+1/b6-2+;. The zero-order valence-electron chi connectivity index (χ0n) is 17.3. The average Bonchev–Trinajstić information content (AvgIpc) is 2.70. The smallest absolute Gasteiger partial charge is 0.490 e. The summed E-state index contributed by atoms with van der Waals surface area (Å²) in [6.45, 7) is 2.94. The van der Waals surface area contributed by atoms with Gasteiger partial charge in [0.15, 0.2) is 11.5 Å². The first kappa shape index (κ1) is 24.5. The fourth-order valence-corrected chi connectivity index (χ4v) is 4.13. The number of allylic oxidation sites excluding steroid dienone is 2. The molecular formula is C23H31F2O2Rb. The monoisotopic (exact) mass is 462 g/mol. The van der Waals surface area contributed by atoms with Crippen LogP contribution in [0.2, 0.25) is 0 Å². The quantitative estimate of drug-likeness (QED) is 0.456. The summed E-state index contributed by atoms with van der Waals surface area (Å²) in [5.74, 6) is -0.416. The number of benzene rings is 1. The van der Waals surface area contributed by atoms with E-state index in [4.69, 9.17) is 9.47 Å². The average molecular weight is 463 g/mol. The minimum Gasteiger partial charge on any atom is -0.490 e. The molecule has 0 N–H and O–H groups in total. The molecule has 2 saturated carbocycles. The molecule has 5 heteroatoms. The van der Waals surface area contributed by atoms with Gasteiger partial charge in [-0.15, -0.1) is 0 Å². The largest absolute Gasteiger partial charge is 1.00 e. The second-order valence-electron chi connectivity index (χ2n) is 7.93. The summed E-state index contributed by atoms with van der Waals surface area (Å²) >= 11 is 0. The molecule has 0 radical (unpaired) electrons. The van der Waals surface area contributed by atoms with Gasteiger partial charge in [-0.05, 0) is 62.5 Å². The Bertz CT molecular complexity index is 621. The molecule has 0 saturated heterocycles. The van der Waals surface area contributed by atoms with Crippen LogP contribution in [0.4, 0.5) is 8.78 Å². The van der Waals surface area contributed by atoms with Gasteiger partial charge < -0.3 is 15.9 Å². The van der Waals surface area contributed by atoms with Crippen LogP contribution >= 0.6 is 0 Å². The van der Waals surface area contributed by atoms with Crippen molar-refractivity contribution in [3.8, 4) is 11.5 Å². The van der Waals surface area contributed by atoms with Crippen LogP contribution in [-0.4, -0.2) is 13.2 Å². The number of hydrogen-bond donors (Lipinski definition) is 0. The van der Waals surface area contributed by atoms with Crippen LogP contribution in [0.1, 0.15) is 58.3 Å². The second kappa shape index (κ2) is 12.8. The van der Waals surface area contributed by atoms with Gasteiger partial charge in [0.25, 0.3) is 0 Å². The molecule has 2 aliphatic rings. The van der Waals surface area contributed by atoms with Crippen molar-refractivity contribution < 1.29 is 76.4 Å². The molecule has 28 heavy (non-hydrogen) atoms. The summed E-state index contributed by atoms with van der Waals surface area (Å²) in [7, 11) is 0. The van der Waals surface area contributed by atoms with E-state index in [2.05, 4.69) is 18.6 Å². The third-order valence-corrected chi connectivity index (χ3v) is 5.87. The molecule has 0 bridgehead atoms. The van der Waals surface area contributed by atoms with Crippen molar-refractivity contribution in [2.24, 2.45) is 17.8 Å². The first-order chi connectivity index (χ1) is 13.2. The van der Waals surface area contributed by atoms with Crippen molar-refractivity contribution in [2.75, 3.05) is 13.2 Å². The predicted molar refractivity (Wildman–Crippen MR) is 104 cm³/mol. The van der Waals surface area contributed by atoms with Gasteiger partial charge in [-0.1, -0.05) is 25.0 Å². The molecule has 0 amide bonds. The maximum atomic E-state index is 14.4. The van der Waals surface area contributed by atoms with E-state index in [9.17, 15) is 8.78 Å². The molecule has 0 unspecified atom stereocenters. The van der Waals surface area contributed by atoms with Crippen LogP contribution < -0.4 is 67.7 Å². The Balaban J connectivity index is 0.00000280. The summed E-state index contributed by atoms with van der Waals surface area (Å²) in [5, 5.41) is 0. The van der Waals surface area contributed by atoms with E-state index in [1.807, 2.05) is 6.92 Å². The van der Waals surface area contributed by atoms with Crippen LogP contribution in [-0.2, 0) is 0 Å². The number of ether oxygens (including phenoxy) is 2. The molecule has 150 valence electrons. The molecular weight excluding hydrogens is 432 g/mol. The van der Waals surface area contributed by atoms with Gasteiger partial charge in [0.05, 0.1) is 13.2 Å². The third-order valence-electron chi connectivity index (χ3n) is 5.87. The van der Waals surface area contributed by atoms with E-state index >= 15 is 0 Å². The maximum Gasteiger partial charge on any atom is 1.00 e. The molecule has 0 aromatic heterocycles. The summed E-state index contributed by atoms with van der Waals surface area (Å²) in [6.07, 6.45) is 15.3. The van der Waals surface area contributed by atoms with Crippen molar-refractivity contribution in [3.05, 3.63) is 42.3 Å². The van der Waals surface area contributed by atoms with Crippen LogP contribution in [0.15, 0.2) is 24.3 Å². The fraction of sp³-hybridized carbons (Fsp3) is 0.609. The Hall–Kier alpha value is 0.225. The summed E-state index contributed by atoms with van der Waals surface area (Å²) in [6, 6.07) is 2.99. The minimum absolute atomic E-state index is 0. The van der Waals surface area contributed by atoms with E-state index in [-0.39, 0.29) is 69.7 Å². The first-order valence-electron chi connectivity index (χ1n) is 10.4. The normalized spacial score (nSPS) is 23.4. The van der Waals surface area contributed by atoms with E-state index in [0.29, 0.717) is 31.0 Å². The molecule has 3 rings (SSSR count). The summed E-state index contributed by atoms with van der Waals surface area (Å²) in [4.78, 5) is 0. The zero-order valence-corrected chi connectivity index (χ0v) is 22.2. The van der Waals surface area contributed by atoms with Gasteiger partial charge in [0, 0.05) is 0 Å². The molecule has 0 spiro atoms. The predicted octanol–water partition coefficient (Wildman–Crippen LogP) is 3.50. The van der Waals surface area contributed by atoms with Crippen LogP contribution in [0.5, 0.6) is 11.5 Å². The zero-order chi connectivity index (χ0) is 19.1. The van der Waals surface area contributed by atoms with Crippen molar-refractivity contribution >= 4 is 0 Å². The molecule has 1 aromatic carbocycles. The Kier molecular flexibility index (Phi) is 11.2. The van der Waals surface area contributed by atoms with Crippen molar-refractivity contribution in [2.45, 2.75) is 58.3 Å². The van der Waals surface area contributed by atoms with Gasteiger partial charge in [0.2, 0.25) is 11.6 Å². The third kappa shape index (κ3) is 7.18. The Labute approximate surface area is 217 Å². The second-order valence-corrected chi connectivity index (χ2v) is 7.93. The number of rotatable bonds is 7. The topological polar surface area (TPSA) is 18.5 Å². The molecule has 0 aliphatic heterocycles. The van der Waals surface area contributed by atoms with Crippen LogP contribution in [0.3, 0.4) is 0 Å². The first-order valence-corrected chi connectivity index (χ1v) is 10.4. The van der Waals surface area contributed by atoms with E-state index in [1.165, 1.54) is 12.1 Å². The van der Waals surface area contributed by atoms with E-state index < -0.39 is 11.6 Å². The Morgan fingerprint density at radius 2 is 1.39 bits per heavy atom. The van der Waals surface area contributed by atoms with Gasteiger partial charge in [-0.25, -0.2) is 0 Å². The van der Waals surface area contributed by atoms with Gasteiger partial charge >= 0.3 is 58.2 Å².